The summed E-state index contributed by atoms with van der Waals surface area (Å²) in [7, 11) is 0. The van der Waals surface area contributed by atoms with Gasteiger partial charge >= 0.3 is 0 Å². The molecule has 0 fully saturated rings. The number of amidine groups is 1. The average molecular weight is 333 g/mol. The van der Waals surface area contributed by atoms with Crippen LogP contribution in [-0.2, 0) is 4.79 Å². The molecule has 22 heavy (non-hydrogen) atoms. The van der Waals surface area contributed by atoms with E-state index >= 15 is 0 Å². The number of alkyl halides is 1. The predicted molar refractivity (Wildman–Crippen MR) is 91.7 cm³/mol. The molecule has 112 valence electrons. The second kappa shape index (κ2) is 6.11. The molecule has 0 bridgehead atoms. The van der Waals surface area contributed by atoms with Gasteiger partial charge in [-0.15, -0.1) is 11.6 Å². The molecule has 2 aromatic carbocycles. The third-order valence-corrected chi connectivity index (χ3v) is 4.32. The molecule has 0 radical (unpaired) electrons. The molecule has 0 spiro atoms. The zero-order valence-electron chi connectivity index (χ0n) is 12.0. The van der Waals surface area contributed by atoms with E-state index in [4.69, 9.17) is 23.2 Å². The highest BCUT2D eigenvalue weighted by atomic mass is 35.5. The van der Waals surface area contributed by atoms with Gasteiger partial charge in [-0.05, 0) is 30.7 Å². The van der Waals surface area contributed by atoms with Gasteiger partial charge in [-0.2, -0.15) is 0 Å². The number of nitrogens with zero attached hydrogens (tertiary/aromatic N) is 2. The molecule has 1 aliphatic heterocycles. The zero-order valence-corrected chi connectivity index (χ0v) is 13.5. The highest BCUT2D eigenvalue weighted by molar-refractivity contribution is 6.36. The number of para-hydroxylation sites is 1. The smallest absolute Gasteiger partial charge is 0.147 e. The minimum absolute atomic E-state index is 0.197. The fraction of sp³-hybridized carbons (Fsp3) is 0.176. The largest absolute Gasteiger partial charge is 0.313 e. The number of halogens is 2. The summed E-state index contributed by atoms with van der Waals surface area (Å²) in [5, 5.41) is 0.559. The first-order chi connectivity index (χ1) is 10.7. The number of anilines is 1. The highest BCUT2D eigenvalue weighted by Gasteiger charge is 2.32. The van der Waals surface area contributed by atoms with Crippen molar-refractivity contribution in [1.29, 1.82) is 0 Å². The Kier molecular flexibility index (Phi) is 4.19. The maximum absolute atomic E-state index is 11.8. The third kappa shape index (κ3) is 2.40. The van der Waals surface area contributed by atoms with Crippen LogP contribution < -0.4 is 4.90 Å². The van der Waals surface area contributed by atoms with Crippen LogP contribution in [-0.4, -0.2) is 18.0 Å². The molecule has 1 aliphatic rings. The zero-order chi connectivity index (χ0) is 15.7. The first-order valence-corrected chi connectivity index (χ1v) is 7.80. The Bertz CT molecular complexity index is 758. The molecule has 0 aliphatic carbocycles. The van der Waals surface area contributed by atoms with Crippen LogP contribution in [0.3, 0.4) is 0 Å². The van der Waals surface area contributed by atoms with Crippen molar-refractivity contribution in [2.24, 2.45) is 4.99 Å². The fourth-order valence-corrected chi connectivity index (χ4v) is 3.20. The lowest BCUT2D eigenvalue weighted by Crippen LogP contribution is -2.39. The summed E-state index contributed by atoms with van der Waals surface area (Å²) < 4.78 is 0. The predicted octanol–water partition coefficient (Wildman–Crippen LogP) is 4.68. The van der Waals surface area contributed by atoms with Crippen LogP contribution in [0.25, 0.3) is 0 Å². The quantitative estimate of drug-likeness (QED) is 0.604. The lowest BCUT2D eigenvalue weighted by molar-refractivity contribution is -0.108. The van der Waals surface area contributed by atoms with Crippen molar-refractivity contribution in [2.75, 3.05) is 10.8 Å². The van der Waals surface area contributed by atoms with Gasteiger partial charge in [0.25, 0.3) is 0 Å². The average Bonchev–Trinajstić information content (AvgIpc) is 2.54. The van der Waals surface area contributed by atoms with Crippen LogP contribution in [0.15, 0.2) is 47.5 Å². The van der Waals surface area contributed by atoms with E-state index in [0.29, 0.717) is 10.9 Å². The molecule has 3 nitrogen and oxygen atoms in total. The van der Waals surface area contributed by atoms with Gasteiger partial charge in [-0.25, -0.2) is 4.99 Å². The highest BCUT2D eigenvalue weighted by Crippen LogP contribution is 2.40. The summed E-state index contributed by atoms with van der Waals surface area (Å²) in [5.41, 5.74) is 3.43. The maximum Gasteiger partial charge on any atom is 0.147 e. The number of fused-ring (bicyclic) bond motifs is 1. The van der Waals surface area contributed by atoms with Crippen molar-refractivity contribution in [2.45, 2.75) is 13.0 Å². The van der Waals surface area contributed by atoms with Gasteiger partial charge in [-0.3, -0.25) is 0 Å². The fourth-order valence-electron chi connectivity index (χ4n) is 2.79. The van der Waals surface area contributed by atoms with Crippen LogP contribution in [0.4, 0.5) is 11.4 Å². The van der Waals surface area contributed by atoms with Gasteiger partial charge < -0.3 is 9.69 Å². The molecule has 0 saturated heterocycles. The molecule has 2 aromatic rings. The monoisotopic (exact) mass is 332 g/mol. The van der Waals surface area contributed by atoms with Gasteiger partial charge in [-0.1, -0.05) is 35.9 Å². The van der Waals surface area contributed by atoms with Gasteiger partial charge in [0.1, 0.15) is 18.2 Å². The lowest BCUT2D eigenvalue weighted by Gasteiger charge is -2.36. The Morgan fingerprint density at radius 3 is 2.68 bits per heavy atom. The van der Waals surface area contributed by atoms with E-state index in [1.165, 1.54) is 0 Å². The van der Waals surface area contributed by atoms with Crippen LogP contribution >= 0.6 is 23.2 Å². The molecule has 5 heteroatoms. The second-order valence-electron chi connectivity index (χ2n) is 5.07. The Morgan fingerprint density at radius 1 is 1.23 bits per heavy atom. The Hall–Kier alpha value is -1.84. The standard InChI is InChI=1S/C17H14Cl2N2O/c1-11-5-4-7-13-17(11)15(10-22)21(16(9-18)20-13)14-8-3-2-6-12(14)19/h2-8,10,15H,9H2,1H3. The Balaban J connectivity index is 2.24. The van der Waals surface area contributed by atoms with Gasteiger partial charge in [0.15, 0.2) is 0 Å². The van der Waals surface area contributed by atoms with Crippen LogP contribution in [0.1, 0.15) is 17.2 Å². The molecule has 1 unspecified atom stereocenters. The van der Waals surface area contributed by atoms with Crippen LogP contribution in [0.2, 0.25) is 5.02 Å². The topological polar surface area (TPSA) is 32.7 Å². The van der Waals surface area contributed by atoms with Crippen molar-refractivity contribution in [3.63, 3.8) is 0 Å². The molecule has 0 N–H and O–H groups in total. The van der Waals surface area contributed by atoms with Gasteiger partial charge in [0.2, 0.25) is 0 Å². The normalized spacial score (nSPS) is 17.0. The van der Waals surface area contributed by atoms with E-state index in [1.807, 2.05) is 48.2 Å². The first-order valence-electron chi connectivity index (χ1n) is 6.89. The molecule has 1 heterocycles. The number of rotatable bonds is 3. The van der Waals surface area contributed by atoms with E-state index in [1.54, 1.807) is 6.07 Å². The van der Waals surface area contributed by atoms with Gasteiger partial charge in [0.05, 0.1) is 22.3 Å². The summed E-state index contributed by atoms with van der Waals surface area (Å²) >= 11 is 12.4. The summed E-state index contributed by atoms with van der Waals surface area (Å²) in [6, 6.07) is 12.7. The van der Waals surface area contributed by atoms with Crippen LogP contribution in [0.5, 0.6) is 0 Å². The van der Waals surface area contributed by atoms with Crippen molar-refractivity contribution >= 4 is 46.7 Å². The van der Waals surface area contributed by atoms with Crippen molar-refractivity contribution in [3.8, 4) is 0 Å². The summed E-state index contributed by atoms with van der Waals surface area (Å²) in [5.74, 6) is 0.813. The Labute approximate surface area is 139 Å². The maximum atomic E-state index is 11.8. The van der Waals surface area contributed by atoms with E-state index in [-0.39, 0.29) is 5.88 Å². The lowest BCUT2D eigenvalue weighted by atomic mass is 9.96. The first kappa shape index (κ1) is 15.1. The third-order valence-electron chi connectivity index (χ3n) is 3.76. The number of carbonyl (C=O) groups excluding carboxylic acids is 1. The van der Waals surface area contributed by atoms with Gasteiger partial charge in [0, 0.05) is 5.56 Å². The number of hydrogen-bond acceptors (Lipinski definition) is 3. The van der Waals surface area contributed by atoms with Crippen LogP contribution in [0, 0.1) is 6.92 Å². The van der Waals surface area contributed by atoms with E-state index < -0.39 is 6.04 Å². The summed E-state index contributed by atoms with van der Waals surface area (Å²) in [6.45, 7) is 1.97. The van der Waals surface area contributed by atoms with E-state index in [9.17, 15) is 4.79 Å². The summed E-state index contributed by atoms with van der Waals surface area (Å²) in [6.07, 6.45) is 0.913. The van der Waals surface area contributed by atoms with Crippen molar-refractivity contribution < 1.29 is 4.79 Å². The second-order valence-corrected chi connectivity index (χ2v) is 5.75. The Morgan fingerprint density at radius 2 is 2.00 bits per heavy atom. The molecule has 0 saturated carbocycles. The molecular formula is C17H14Cl2N2O. The summed E-state index contributed by atoms with van der Waals surface area (Å²) in [4.78, 5) is 18.3. The van der Waals surface area contributed by atoms with E-state index in [2.05, 4.69) is 4.99 Å². The van der Waals surface area contributed by atoms with Crippen molar-refractivity contribution in [1.82, 2.24) is 0 Å². The minimum atomic E-state index is -0.484. The molecule has 1 atom stereocenters. The number of hydrogen-bond donors (Lipinski definition) is 0. The van der Waals surface area contributed by atoms with Crippen molar-refractivity contribution in [3.05, 3.63) is 58.6 Å². The SMILES string of the molecule is Cc1cccc2c1C(C=O)N(c1ccccc1Cl)C(CCl)=N2. The molecule has 0 aromatic heterocycles. The number of benzene rings is 2. The minimum Gasteiger partial charge on any atom is -0.313 e. The number of aliphatic imine (C=N–C) groups is 1. The number of aldehydes is 1. The van der Waals surface area contributed by atoms with E-state index in [0.717, 1.165) is 28.8 Å². The molecule has 3 rings (SSSR count). The number of carbonyl (C=O) groups is 1. The molecular weight excluding hydrogens is 319 g/mol. The molecule has 0 amide bonds. The number of aryl methyl sites for hydroxylation is 1.